The topological polar surface area (TPSA) is 38.5 Å². The third-order valence-electron chi connectivity index (χ3n) is 2.72. The monoisotopic (exact) mass is 222 g/mol. The summed E-state index contributed by atoms with van der Waals surface area (Å²) in [5, 5.41) is 0. The van der Waals surface area contributed by atoms with Crippen molar-refractivity contribution in [2.75, 3.05) is 36.9 Å². The van der Waals surface area contributed by atoms with Crippen molar-refractivity contribution in [2.24, 2.45) is 0 Å². The molecule has 1 aromatic rings. The number of nitrogens with two attached hydrogens (primary N) is 1. The first-order valence-electron chi connectivity index (χ1n) is 5.87. The number of hydrogen-bond acceptors (Lipinski definition) is 3. The van der Waals surface area contributed by atoms with Crippen LogP contribution in [0.5, 0.6) is 0 Å². The van der Waals surface area contributed by atoms with E-state index in [0.717, 1.165) is 37.6 Å². The first-order valence-corrected chi connectivity index (χ1v) is 5.87. The Kier molecular flexibility index (Phi) is 5.12. The molecule has 0 unspecified atom stereocenters. The van der Waals surface area contributed by atoms with Gasteiger partial charge in [-0.15, -0.1) is 0 Å². The molecular weight excluding hydrogens is 200 g/mol. The lowest BCUT2D eigenvalue weighted by Crippen LogP contribution is -2.27. The number of anilines is 2. The quantitative estimate of drug-likeness (QED) is 0.593. The lowest BCUT2D eigenvalue weighted by atomic mass is 10.1. The lowest BCUT2D eigenvalue weighted by molar-refractivity contribution is 0.154. The Morgan fingerprint density at radius 1 is 1.31 bits per heavy atom. The van der Waals surface area contributed by atoms with Gasteiger partial charge in [-0.1, -0.05) is 6.07 Å². The molecule has 1 aromatic carbocycles. The first kappa shape index (κ1) is 12.8. The standard InChI is InChI=1S/C13H22N2O/c1-4-15(8-9-16-5-2)12-7-6-11(3)13(14)10-12/h6-7,10H,4-5,8-9,14H2,1-3H3. The van der Waals surface area contributed by atoms with E-state index >= 15 is 0 Å². The second-order valence-corrected chi connectivity index (χ2v) is 3.82. The highest BCUT2D eigenvalue weighted by Gasteiger charge is 2.05. The zero-order valence-corrected chi connectivity index (χ0v) is 10.5. The highest BCUT2D eigenvalue weighted by molar-refractivity contribution is 5.59. The van der Waals surface area contributed by atoms with Crippen LogP contribution in [-0.4, -0.2) is 26.3 Å². The van der Waals surface area contributed by atoms with E-state index in [1.807, 2.05) is 19.9 Å². The number of ether oxygens (including phenoxy) is 1. The maximum atomic E-state index is 5.91. The molecule has 0 fully saturated rings. The molecule has 0 radical (unpaired) electrons. The van der Waals surface area contributed by atoms with Crippen molar-refractivity contribution in [1.82, 2.24) is 0 Å². The summed E-state index contributed by atoms with van der Waals surface area (Å²) in [7, 11) is 0. The van der Waals surface area contributed by atoms with Crippen LogP contribution in [0.25, 0.3) is 0 Å². The summed E-state index contributed by atoms with van der Waals surface area (Å²) in [5.41, 5.74) is 9.06. The summed E-state index contributed by atoms with van der Waals surface area (Å²) in [5.74, 6) is 0. The van der Waals surface area contributed by atoms with E-state index in [-0.39, 0.29) is 0 Å². The molecule has 0 atom stereocenters. The molecule has 0 aromatic heterocycles. The minimum atomic E-state index is 0.762. The Hall–Kier alpha value is -1.22. The number of rotatable bonds is 6. The van der Waals surface area contributed by atoms with Crippen LogP contribution in [-0.2, 0) is 4.74 Å². The number of hydrogen-bond donors (Lipinski definition) is 1. The van der Waals surface area contributed by atoms with Crippen molar-refractivity contribution < 1.29 is 4.74 Å². The van der Waals surface area contributed by atoms with E-state index in [2.05, 4.69) is 24.0 Å². The van der Waals surface area contributed by atoms with Crippen molar-refractivity contribution in [1.29, 1.82) is 0 Å². The van der Waals surface area contributed by atoms with Gasteiger partial charge in [0.1, 0.15) is 0 Å². The fourth-order valence-corrected chi connectivity index (χ4v) is 1.61. The molecule has 16 heavy (non-hydrogen) atoms. The number of aryl methyl sites for hydroxylation is 1. The molecule has 0 saturated heterocycles. The fourth-order valence-electron chi connectivity index (χ4n) is 1.61. The predicted octanol–water partition coefficient (Wildman–Crippen LogP) is 2.44. The van der Waals surface area contributed by atoms with Gasteiger partial charge in [-0.2, -0.15) is 0 Å². The fraction of sp³-hybridized carbons (Fsp3) is 0.538. The zero-order chi connectivity index (χ0) is 12.0. The van der Waals surface area contributed by atoms with Gasteiger partial charge < -0.3 is 15.4 Å². The van der Waals surface area contributed by atoms with Crippen molar-refractivity contribution in [2.45, 2.75) is 20.8 Å². The average molecular weight is 222 g/mol. The van der Waals surface area contributed by atoms with E-state index in [1.165, 1.54) is 5.69 Å². The van der Waals surface area contributed by atoms with Crippen molar-refractivity contribution in [3.05, 3.63) is 23.8 Å². The summed E-state index contributed by atoms with van der Waals surface area (Å²) < 4.78 is 5.37. The lowest BCUT2D eigenvalue weighted by Gasteiger charge is -2.23. The van der Waals surface area contributed by atoms with Crippen LogP contribution in [0.3, 0.4) is 0 Å². The maximum Gasteiger partial charge on any atom is 0.0641 e. The Morgan fingerprint density at radius 2 is 2.06 bits per heavy atom. The van der Waals surface area contributed by atoms with Gasteiger partial charge in [-0.25, -0.2) is 0 Å². The van der Waals surface area contributed by atoms with Crippen molar-refractivity contribution in [3.8, 4) is 0 Å². The Bertz CT molecular complexity index is 326. The van der Waals surface area contributed by atoms with Crippen LogP contribution in [0.1, 0.15) is 19.4 Å². The minimum absolute atomic E-state index is 0.762. The summed E-state index contributed by atoms with van der Waals surface area (Å²) in [6.07, 6.45) is 0. The van der Waals surface area contributed by atoms with Crippen LogP contribution in [0, 0.1) is 6.92 Å². The molecule has 0 amide bonds. The van der Waals surface area contributed by atoms with Crippen LogP contribution < -0.4 is 10.6 Å². The Balaban J connectivity index is 2.67. The van der Waals surface area contributed by atoms with Crippen molar-refractivity contribution >= 4 is 11.4 Å². The Morgan fingerprint density at radius 3 is 2.62 bits per heavy atom. The van der Waals surface area contributed by atoms with Crippen LogP contribution in [0.2, 0.25) is 0 Å². The second kappa shape index (κ2) is 6.38. The first-order chi connectivity index (χ1) is 7.69. The molecule has 0 bridgehead atoms. The summed E-state index contributed by atoms with van der Waals surface area (Å²) >= 11 is 0. The Labute approximate surface area is 98.2 Å². The van der Waals surface area contributed by atoms with Gasteiger partial charge in [-0.3, -0.25) is 0 Å². The van der Waals surface area contributed by atoms with Crippen LogP contribution >= 0.6 is 0 Å². The zero-order valence-electron chi connectivity index (χ0n) is 10.5. The molecule has 0 spiro atoms. The van der Waals surface area contributed by atoms with E-state index in [9.17, 15) is 0 Å². The number of nitrogen functional groups attached to an aromatic ring is 1. The average Bonchev–Trinajstić information content (AvgIpc) is 2.29. The summed E-state index contributed by atoms with van der Waals surface area (Å²) in [4.78, 5) is 2.27. The van der Waals surface area contributed by atoms with E-state index in [4.69, 9.17) is 10.5 Å². The highest BCUT2D eigenvalue weighted by Crippen LogP contribution is 2.20. The molecule has 1 rings (SSSR count). The van der Waals surface area contributed by atoms with Crippen LogP contribution in [0.15, 0.2) is 18.2 Å². The number of benzene rings is 1. The third kappa shape index (κ3) is 3.42. The van der Waals surface area contributed by atoms with Gasteiger partial charge in [0.2, 0.25) is 0 Å². The summed E-state index contributed by atoms with van der Waals surface area (Å²) in [6.45, 7) is 9.59. The minimum Gasteiger partial charge on any atom is -0.398 e. The van der Waals surface area contributed by atoms with Gasteiger partial charge in [0.25, 0.3) is 0 Å². The molecule has 0 aliphatic heterocycles. The molecular formula is C13H22N2O. The predicted molar refractivity (Wildman–Crippen MR) is 70.0 cm³/mol. The summed E-state index contributed by atoms with van der Waals surface area (Å²) in [6, 6.07) is 6.21. The smallest absolute Gasteiger partial charge is 0.0641 e. The van der Waals surface area contributed by atoms with E-state index in [0.29, 0.717) is 0 Å². The SMILES string of the molecule is CCOCCN(CC)c1ccc(C)c(N)c1. The third-order valence-corrected chi connectivity index (χ3v) is 2.72. The molecule has 2 N–H and O–H groups in total. The molecule has 0 heterocycles. The number of likely N-dealkylation sites (N-methyl/N-ethyl adjacent to an activating group) is 1. The number of nitrogens with zero attached hydrogens (tertiary/aromatic N) is 1. The normalized spacial score (nSPS) is 10.4. The molecule has 0 aliphatic carbocycles. The van der Waals surface area contributed by atoms with Crippen LogP contribution in [0.4, 0.5) is 11.4 Å². The van der Waals surface area contributed by atoms with Gasteiger partial charge in [0.15, 0.2) is 0 Å². The van der Waals surface area contributed by atoms with E-state index in [1.54, 1.807) is 0 Å². The maximum absolute atomic E-state index is 5.91. The van der Waals surface area contributed by atoms with Gasteiger partial charge >= 0.3 is 0 Å². The molecule has 3 heteroatoms. The van der Waals surface area contributed by atoms with Crippen molar-refractivity contribution in [3.63, 3.8) is 0 Å². The molecule has 0 saturated carbocycles. The largest absolute Gasteiger partial charge is 0.398 e. The second-order valence-electron chi connectivity index (χ2n) is 3.82. The molecule has 90 valence electrons. The van der Waals surface area contributed by atoms with Gasteiger partial charge in [0, 0.05) is 31.1 Å². The van der Waals surface area contributed by atoms with E-state index < -0.39 is 0 Å². The van der Waals surface area contributed by atoms with Gasteiger partial charge in [0.05, 0.1) is 6.61 Å². The molecule has 3 nitrogen and oxygen atoms in total. The highest BCUT2D eigenvalue weighted by atomic mass is 16.5. The van der Waals surface area contributed by atoms with Gasteiger partial charge in [-0.05, 0) is 38.5 Å². The molecule has 0 aliphatic rings.